The zero-order valence-corrected chi connectivity index (χ0v) is 13.9. The standard InChI is InChI=1S/C16H18F3N3O3/c1-15(2,3)12-8-14(25-22-12)21-13(23)9-20-10-5-4-6-11(7-10)24-16(17,18)19/h4-8,20H,9H2,1-3H3,(H,21,23). The molecule has 2 N–H and O–H groups in total. The predicted octanol–water partition coefficient (Wildman–Crippen LogP) is 3.92. The highest BCUT2D eigenvalue weighted by molar-refractivity contribution is 5.92. The molecule has 0 unspecified atom stereocenters. The van der Waals surface area contributed by atoms with Crippen LogP contribution in [0.3, 0.4) is 0 Å². The van der Waals surface area contributed by atoms with E-state index >= 15 is 0 Å². The monoisotopic (exact) mass is 357 g/mol. The van der Waals surface area contributed by atoms with E-state index in [0.717, 1.165) is 6.07 Å². The highest BCUT2D eigenvalue weighted by Gasteiger charge is 2.31. The number of alkyl halides is 3. The maximum Gasteiger partial charge on any atom is 0.573 e. The molecule has 136 valence electrons. The molecule has 0 aliphatic rings. The Hall–Kier alpha value is -2.71. The number of amides is 1. The largest absolute Gasteiger partial charge is 0.573 e. The summed E-state index contributed by atoms with van der Waals surface area (Å²) in [6.07, 6.45) is -4.77. The van der Waals surface area contributed by atoms with E-state index in [0.29, 0.717) is 11.4 Å². The Morgan fingerprint density at radius 3 is 2.56 bits per heavy atom. The van der Waals surface area contributed by atoms with E-state index in [9.17, 15) is 18.0 Å². The molecule has 1 amide bonds. The zero-order chi connectivity index (χ0) is 18.7. The van der Waals surface area contributed by atoms with Gasteiger partial charge in [0.2, 0.25) is 11.8 Å². The first kappa shape index (κ1) is 18.6. The van der Waals surface area contributed by atoms with Crippen LogP contribution in [0.4, 0.5) is 24.7 Å². The SMILES string of the molecule is CC(C)(C)c1cc(NC(=O)CNc2cccc(OC(F)(F)F)c2)on1. The van der Waals surface area contributed by atoms with Crippen LogP contribution in [0.1, 0.15) is 26.5 Å². The van der Waals surface area contributed by atoms with Crippen molar-refractivity contribution < 1.29 is 27.2 Å². The van der Waals surface area contributed by atoms with Gasteiger partial charge in [0.05, 0.1) is 12.2 Å². The molecule has 1 heterocycles. The van der Waals surface area contributed by atoms with E-state index in [2.05, 4.69) is 20.5 Å². The van der Waals surface area contributed by atoms with Crippen LogP contribution in [0.15, 0.2) is 34.9 Å². The normalized spacial score (nSPS) is 11.9. The van der Waals surface area contributed by atoms with Crippen molar-refractivity contribution in [3.63, 3.8) is 0 Å². The van der Waals surface area contributed by atoms with E-state index in [1.165, 1.54) is 18.2 Å². The summed E-state index contributed by atoms with van der Waals surface area (Å²) in [6.45, 7) is 5.69. The molecule has 1 aromatic heterocycles. The fourth-order valence-corrected chi connectivity index (χ4v) is 1.85. The fourth-order valence-electron chi connectivity index (χ4n) is 1.85. The van der Waals surface area contributed by atoms with Gasteiger partial charge in [-0.15, -0.1) is 13.2 Å². The average molecular weight is 357 g/mol. The quantitative estimate of drug-likeness (QED) is 0.848. The molecular formula is C16H18F3N3O3. The molecule has 0 atom stereocenters. The Kier molecular flexibility index (Phi) is 5.24. The molecule has 0 aliphatic carbocycles. The van der Waals surface area contributed by atoms with E-state index in [4.69, 9.17) is 4.52 Å². The topological polar surface area (TPSA) is 76.4 Å². The molecule has 9 heteroatoms. The van der Waals surface area contributed by atoms with Gasteiger partial charge in [0, 0.05) is 23.2 Å². The van der Waals surface area contributed by atoms with Crippen molar-refractivity contribution >= 4 is 17.5 Å². The first-order chi connectivity index (χ1) is 11.5. The summed E-state index contributed by atoms with van der Waals surface area (Å²) in [6, 6.07) is 6.83. The molecule has 0 fully saturated rings. The summed E-state index contributed by atoms with van der Waals surface area (Å²) in [4.78, 5) is 11.9. The maximum atomic E-state index is 12.2. The van der Waals surface area contributed by atoms with Crippen molar-refractivity contribution in [1.29, 1.82) is 0 Å². The second kappa shape index (κ2) is 7.04. The Morgan fingerprint density at radius 2 is 1.96 bits per heavy atom. The molecule has 0 saturated heterocycles. The van der Waals surface area contributed by atoms with Crippen molar-refractivity contribution in [3.05, 3.63) is 36.0 Å². The number of hydrogen-bond acceptors (Lipinski definition) is 5. The van der Waals surface area contributed by atoms with Gasteiger partial charge < -0.3 is 14.6 Å². The first-order valence-corrected chi connectivity index (χ1v) is 7.40. The van der Waals surface area contributed by atoms with Gasteiger partial charge in [-0.05, 0) is 12.1 Å². The number of nitrogens with one attached hydrogen (secondary N) is 2. The molecule has 25 heavy (non-hydrogen) atoms. The number of anilines is 2. The number of ether oxygens (including phenoxy) is 1. The Labute approximate surface area is 142 Å². The summed E-state index contributed by atoms with van der Waals surface area (Å²) in [7, 11) is 0. The van der Waals surface area contributed by atoms with Crippen LogP contribution in [0, 0.1) is 0 Å². The lowest BCUT2D eigenvalue weighted by atomic mass is 9.92. The lowest BCUT2D eigenvalue weighted by molar-refractivity contribution is -0.274. The van der Waals surface area contributed by atoms with Crippen LogP contribution in [0.5, 0.6) is 5.75 Å². The van der Waals surface area contributed by atoms with E-state index in [1.807, 2.05) is 20.8 Å². The van der Waals surface area contributed by atoms with Crippen LogP contribution in [-0.4, -0.2) is 24.0 Å². The van der Waals surface area contributed by atoms with Crippen LogP contribution in [-0.2, 0) is 10.2 Å². The lowest BCUT2D eigenvalue weighted by Crippen LogP contribution is -2.21. The first-order valence-electron chi connectivity index (χ1n) is 7.40. The van der Waals surface area contributed by atoms with Crippen molar-refractivity contribution in [3.8, 4) is 5.75 Å². The summed E-state index contributed by atoms with van der Waals surface area (Å²) < 4.78 is 45.4. The molecule has 0 bridgehead atoms. The lowest BCUT2D eigenvalue weighted by Gasteiger charge is -2.12. The summed E-state index contributed by atoms with van der Waals surface area (Å²) in [5, 5.41) is 9.09. The Balaban J connectivity index is 1.90. The molecular weight excluding hydrogens is 339 g/mol. The molecule has 2 aromatic rings. The summed E-state index contributed by atoms with van der Waals surface area (Å²) in [5.74, 6) is -0.604. The van der Waals surface area contributed by atoms with Gasteiger partial charge >= 0.3 is 6.36 Å². The number of halogens is 3. The van der Waals surface area contributed by atoms with Crippen LogP contribution in [0.25, 0.3) is 0 Å². The minimum atomic E-state index is -4.77. The second-order valence-electron chi connectivity index (χ2n) is 6.30. The van der Waals surface area contributed by atoms with Crippen molar-refractivity contribution in [2.24, 2.45) is 0 Å². The van der Waals surface area contributed by atoms with Gasteiger partial charge in [0.15, 0.2) is 0 Å². The third-order valence-electron chi connectivity index (χ3n) is 3.06. The van der Waals surface area contributed by atoms with E-state index in [-0.39, 0.29) is 23.6 Å². The second-order valence-corrected chi connectivity index (χ2v) is 6.30. The molecule has 0 spiro atoms. The van der Waals surface area contributed by atoms with Crippen LogP contribution in [0.2, 0.25) is 0 Å². The van der Waals surface area contributed by atoms with Crippen molar-refractivity contribution in [1.82, 2.24) is 5.16 Å². The third kappa shape index (κ3) is 6.02. The number of rotatable bonds is 5. The maximum absolute atomic E-state index is 12.2. The van der Waals surface area contributed by atoms with Gasteiger partial charge in [-0.25, -0.2) is 0 Å². The van der Waals surface area contributed by atoms with Gasteiger partial charge in [-0.1, -0.05) is 32.0 Å². The highest BCUT2D eigenvalue weighted by Crippen LogP contribution is 2.25. The number of aromatic nitrogens is 1. The Morgan fingerprint density at radius 1 is 1.24 bits per heavy atom. The van der Waals surface area contributed by atoms with Crippen LogP contribution < -0.4 is 15.4 Å². The van der Waals surface area contributed by atoms with Gasteiger partial charge in [0.25, 0.3) is 0 Å². The average Bonchev–Trinajstić information content (AvgIpc) is 2.92. The number of carbonyl (C=O) groups excluding carboxylic acids is 1. The van der Waals surface area contributed by atoms with Crippen LogP contribution >= 0.6 is 0 Å². The minimum absolute atomic E-state index is 0.166. The number of hydrogen-bond donors (Lipinski definition) is 2. The highest BCUT2D eigenvalue weighted by atomic mass is 19.4. The van der Waals surface area contributed by atoms with Crippen molar-refractivity contribution in [2.45, 2.75) is 32.5 Å². The zero-order valence-electron chi connectivity index (χ0n) is 13.9. The number of carbonyl (C=O) groups is 1. The van der Waals surface area contributed by atoms with Gasteiger partial charge in [-0.2, -0.15) is 0 Å². The van der Waals surface area contributed by atoms with E-state index < -0.39 is 12.3 Å². The van der Waals surface area contributed by atoms with Gasteiger partial charge in [-0.3, -0.25) is 10.1 Å². The van der Waals surface area contributed by atoms with Gasteiger partial charge in [0.1, 0.15) is 5.75 Å². The smallest absolute Gasteiger partial charge is 0.406 e. The molecule has 6 nitrogen and oxygen atoms in total. The number of nitrogens with zero attached hydrogens (tertiary/aromatic N) is 1. The predicted molar refractivity (Wildman–Crippen MR) is 85.4 cm³/mol. The fraction of sp³-hybridized carbons (Fsp3) is 0.375. The Bertz CT molecular complexity index is 736. The van der Waals surface area contributed by atoms with E-state index in [1.54, 1.807) is 6.07 Å². The minimum Gasteiger partial charge on any atom is -0.406 e. The summed E-state index contributed by atoms with van der Waals surface area (Å²) >= 11 is 0. The molecule has 2 rings (SSSR count). The molecule has 1 aromatic carbocycles. The third-order valence-corrected chi connectivity index (χ3v) is 3.06. The summed E-state index contributed by atoms with van der Waals surface area (Å²) in [5.41, 5.74) is 0.779. The van der Waals surface area contributed by atoms with Crippen molar-refractivity contribution in [2.75, 3.05) is 17.2 Å². The molecule has 0 radical (unpaired) electrons. The molecule has 0 saturated carbocycles. The number of benzene rings is 1. The molecule has 0 aliphatic heterocycles.